The lowest BCUT2D eigenvalue weighted by molar-refractivity contribution is 0.134. The summed E-state index contributed by atoms with van der Waals surface area (Å²) in [6.07, 6.45) is -0.365. The standard InChI is InChI=1S/C13H19NO3/c1-10-6-5-7-12(11(10)2)17-13(15)14(3)8-9-16-4/h5-7H,8-9H2,1-4H3. The van der Waals surface area contributed by atoms with Crippen molar-refractivity contribution in [2.45, 2.75) is 13.8 Å². The van der Waals surface area contributed by atoms with E-state index < -0.39 is 0 Å². The second-order valence-electron chi connectivity index (χ2n) is 3.98. The van der Waals surface area contributed by atoms with E-state index in [-0.39, 0.29) is 6.09 Å². The highest BCUT2D eigenvalue weighted by Crippen LogP contribution is 2.21. The number of nitrogens with zero attached hydrogens (tertiary/aromatic N) is 1. The lowest BCUT2D eigenvalue weighted by atomic mass is 10.1. The van der Waals surface area contributed by atoms with Crippen LogP contribution in [0.4, 0.5) is 4.79 Å². The maximum absolute atomic E-state index is 11.7. The fourth-order valence-electron chi connectivity index (χ4n) is 1.33. The Hall–Kier alpha value is -1.55. The van der Waals surface area contributed by atoms with Crippen LogP contribution in [0.25, 0.3) is 0 Å². The molecule has 1 rings (SSSR count). The zero-order chi connectivity index (χ0) is 12.8. The van der Waals surface area contributed by atoms with Crippen LogP contribution in [0.2, 0.25) is 0 Å². The molecule has 0 aromatic heterocycles. The molecule has 94 valence electrons. The molecule has 0 N–H and O–H groups in total. The van der Waals surface area contributed by atoms with Crippen molar-refractivity contribution < 1.29 is 14.3 Å². The molecule has 0 atom stereocenters. The van der Waals surface area contributed by atoms with Gasteiger partial charge in [-0.3, -0.25) is 0 Å². The summed E-state index contributed by atoms with van der Waals surface area (Å²) in [4.78, 5) is 13.2. The average molecular weight is 237 g/mol. The minimum absolute atomic E-state index is 0.365. The molecule has 0 spiro atoms. The van der Waals surface area contributed by atoms with Gasteiger partial charge in [0.2, 0.25) is 0 Å². The van der Waals surface area contributed by atoms with E-state index in [9.17, 15) is 4.79 Å². The van der Waals surface area contributed by atoms with E-state index in [2.05, 4.69) is 0 Å². The molecule has 0 unspecified atom stereocenters. The highest BCUT2D eigenvalue weighted by atomic mass is 16.6. The number of likely N-dealkylation sites (N-methyl/N-ethyl adjacent to an activating group) is 1. The number of benzene rings is 1. The van der Waals surface area contributed by atoms with Crippen molar-refractivity contribution >= 4 is 6.09 Å². The molecular formula is C13H19NO3. The molecular weight excluding hydrogens is 218 g/mol. The quantitative estimate of drug-likeness (QED) is 0.807. The number of rotatable bonds is 4. The molecule has 4 nitrogen and oxygen atoms in total. The molecule has 0 heterocycles. The molecule has 0 saturated carbocycles. The van der Waals surface area contributed by atoms with Crippen molar-refractivity contribution in [1.29, 1.82) is 0 Å². The summed E-state index contributed by atoms with van der Waals surface area (Å²) in [6, 6.07) is 5.66. The number of ether oxygens (including phenoxy) is 2. The smallest absolute Gasteiger partial charge is 0.410 e. The summed E-state index contributed by atoms with van der Waals surface area (Å²) in [5.41, 5.74) is 2.09. The molecule has 1 amide bonds. The number of carbonyl (C=O) groups excluding carboxylic acids is 1. The predicted molar refractivity (Wildman–Crippen MR) is 66.4 cm³/mol. The zero-order valence-electron chi connectivity index (χ0n) is 10.8. The number of aryl methyl sites for hydroxylation is 1. The lowest BCUT2D eigenvalue weighted by Gasteiger charge is -2.17. The number of hydrogen-bond donors (Lipinski definition) is 0. The maximum Gasteiger partial charge on any atom is 0.415 e. The Balaban J connectivity index is 2.64. The van der Waals surface area contributed by atoms with Gasteiger partial charge < -0.3 is 14.4 Å². The molecule has 0 aliphatic heterocycles. The van der Waals surface area contributed by atoms with Gasteiger partial charge in [-0.25, -0.2) is 4.79 Å². The second kappa shape index (κ2) is 6.25. The molecule has 0 bridgehead atoms. The molecule has 0 fully saturated rings. The fourth-order valence-corrected chi connectivity index (χ4v) is 1.33. The summed E-state index contributed by atoms with van der Waals surface area (Å²) >= 11 is 0. The van der Waals surface area contributed by atoms with Gasteiger partial charge in [0, 0.05) is 20.7 Å². The minimum Gasteiger partial charge on any atom is -0.410 e. The maximum atomic E-state index is 11.7. The van der Waals surface area contributed by atoms with Crippen LogP contribution in [0.15, 0.2) is 18.2 Å². The van der Waals surface area contributed by atoms with Crippen LogP contribution in [0.3, 0.4) is 0 Å². The van der Waals surface area contributed by atoms with E-state index in [1.807, 2.05) is 26.0 Å². The minimum atomic E-state index is -0.365. The largest absolute Gasteiger partial charge is 0.415 e. The van der Waals surface area contributed by atoms with Crippen molar-refractivity contribution in [3.8, 4) is 5.75 Å². The topological polar surface area (TPSA) is 38.8 Å². The van der Waals surface area contributed by atoms with Gasteiger partial charge in [-0.2, -0.15) is 0 Å². The van der Waals surface area contributed by atoms with Crippen LogP contribution in [-0.2, 0) is 4.74 Å². The molecule has 4 heteroatoms. The van der Waals surface area contributed by atoms with Crippen LogP contribution in [0.1, 0.15) is 11.1 Å². The third-order valence-electron chi connectivity index (χ3n) is 2.69. The van der Waals surface area contributed by atoms with Crippen molar-refractivity contribution in [3.05, 3.63) is 29.3 Å². The predicted octanol–water partition coefficient (Wildman–Crippen LogP) is 2.38. The molecule has 1 aromatic rings. The van der Waals surface area contributed by atoms with E-state index in [1.54, 1.807) is 20.2 Å². The Morgan fingerprint density at radius 1 is 1.35 bits per heavy atom. The van der Waals surface area contributed by atoms with E-state index in [1.165, 1.54) is 4.90 Å². The van der Waals surface area contributed by atoms with Crippen molar-refractivity contribution in [2.75, 3.05) is 27.3 Å². The highest BCUT2D eigenvalue weighted by molar-refractivity contribution is 5.71. The van der Waals surface area contributed by atoms with Gasteiger partial charge in [0.05, 0.1) is 6.61 Å². The Kier molecular flexibility index (Phi) is 4.97. The first-order valence-electron chi connectivity index (χ1n) is 5.54. The third kappa shape index (κ3) is 3.75. The summed E-state index contributed by atoms with van der Waals surface area (Å²) in [7, 11) is 3.29. The summed E-state index contributed by atoms with van der Waals surface area (Å²) < 4.78 is 10.2. The fraction of sp³-hybridized carbons (Fsp3) is 0.462. The zero-order valence-corrected chi connectivity index (χ0v) is 10.8. The molecule has 1 aromatic carbocycles. The lowest BCUT2D eigenvalue weighted by Crippen LogP contribution is -2.32. The monoisotopic (exact) mass is 237 g/mol. The van der Waals surface area contributed by atoms with Gasteiger partial charge in [-0.1, -0.05) is 12.1 Å². The Bertz CT molecular complexity index is 390. The van der Waals surface area contributed by atoms with Crippen molar-refractivity contribution in [3.63, 3.8) is 0 Å². The van der Waals surface area contributed by atoms with E-state index in [0.29, 0.717) is 18.9 Å². The van der Waals surface area contributed by atoms with Gasteiger partial charge in [0.1, 0.15) is 5.75 Å². The van der Waals surface area contributed by atoms with Crippen LogP contribution in [-0.4, -0.2) is 38.3 Å². The number of amides is 1. The van der Waals surface area contributed by atoms with Gasteiger partial charge >= 0.3 is 6.09 Å². The third-order valence-corrected chi connectivity index (χ3v) is 2.69. The van der Waals surface area contributed by atoms with E-state index >= 15 is 0 Å². The molecule has 0 aliphatic rings. The van der Waals surface area contributed by atoms with Crippen LogP contribution in [0, 0.1) is 13.8 Å². The van der Waals surface area contributed by atoms with Gasteiger partial charge in [-0.05, 0) is 31.0 Å². The first-order valence-corrected chi connectivity index (χ1v) is 5.54. The average Bonchev–Trinajstić information content (AvgIpc) is 2.31. The Morgan fingerprint density at radius 3 is 2.71 bits per heavy atom. The van der Waals surface area contributed by atoms with Crippen LogP contribution < -0.4 is 4.74 Å². The molecule has 0 radical (unpaired) electrons. The summed E-state index contributed by atoms with van der Waals surface area (Å²) in [5, 5.41) is 0. The van der Waals surface area contributed by atoms with Crippen molar-refractivity contribution in [2.24, 2.45) is 0 Å². The SMILES string of the molecule is COCCN(C)C(=O)Oc1cccc(C)c1C. The van der Waals surface area contributed by atoms with Crippen LogP contribution in [0.5, 0.6) is 5.75 Å². The molecule has 0 saturated heterocycles. The highest BCUT2D eigenvalue weighted by Gasteiger charge is 2.12. The first kappa shape index (κ1) is 13.5. The second-order valence-corrected chi connectivity index (χ2v) is 3.98. The summed E-state index contributed by atoms with van der Waals surface area (Å²) in [6.45, 7) is 4.94. The first-order chi connectivity index (χ1) is 8.06. The number of methoxy groups -OCH3 is 1. The van der Waals surface area contributed by atoms with E-state index in [4.69, 9.17) is 9.47 Å². The molecule has 0 aliphatic carbocycles. The van der Waals surface area contributed by atoms with Gasteiger partial charge in [0.25, 0.3) is 0 Å². The normalized spacial score (nSPS) is 10.1. The number of hydrogen-bond acceptors (Lipinski definition) is 3. The Morgan fingerprint density at radius 2 is 2.06 bits per heavy atom. The van der Waals surface area contributed by atoms with Crippen molar-refractivity contribution in [1.82, 2.24) is 4.90 Å². The van der Waals surface area contributed by atoms with Gasteiger partial charge in [0.15, 0.2) is 0 Å². The summed E-state index contributed by atoms with van der Waals surface area (Å²) in [5.74, 6) is 0.610. The van der Waals surface area contributed by atoms with Gasteiger partial charge in [-0.15, -0.1) is 0 Å². The Labute approximate surface area is 102 Å². The van der Waals surface area contributed by atoms with E-state index in [0.717, 1.165) is 11.1 Å². The van der Waals surface area contributed by atoms with Crippen LogP contribution >= 0.6 is 0 Å². The molecule has 17 heavy (non-hydrogen) atoms. The number of carbonyl (C=O) groups is 1.